The van der Waals surface area contributed by atoms with Gasteiger partial charge < -0.3 is 15.8 Å². The second-order valence-electron chi connectivity index (χ2n) is 3.64. The van der Waals surface area contributed by atoms with Gasteiger partial charge in [0.2, 0.25) is 11.8 Å². The van der Waals surface area contributed by atoms with Gasteiger partial charge in [-0.2, -0.15) is 0 Å². The molecule has 0 aromatic heterocycles. The van der Waals surface area contributed by atoms with Crippen molar-refractivity contribution in [1.82, 2.24) is 0 Å². The van der Waals surface area contributed by atoms with E-state index >= 15 is 0 Å². The summed E-state index contributed by atoms with van der Waals surface area (Å²) in [4.78, 5) is 22.6. The third-order valence-corrected chi connectivity index (χ3v) is 3.45. The number of methoxy groups -OCH3 is 1. The van der Waals surface area contributed by atoms with Crippen LogP contribution in [0.15, 0.2) is 18.2 Å². The minimum absolute atomic E-state index is 0.197. The summed E-state index contributed by atoms with van der Waals surface area (Å²) in [6, 6.07) is 4.63. The number of nitrogens with one attached hydrogen (secondary N) is 1. The highest BCUT2D eigenvalue weighted by Gasteiger charge is 2.15. The topological polar surface area (TPSA) is 81.4 Å². The second kappa shape index (κ2) is 6.39. The van der Waals surface area contributed by atoms with Gasteiger partial charge in [-0.05, 0) is 24.6 Å². The van der Waals surface area contributed by atoms with Crippen LogP contribution in [0.3, 0.4) is 0 Å². The lowest BCUT2D eigenvalue weighted by atomic mass is 10.1. The number of amides is 2. The fourth-order valence-electron chi connectivity index (χ4n) is 1.36. The van der Waals surface area contributed by atoms with E-state index < -0.39 is 5.91 Å². The van der Waals surface area contributed by atoms with Crippen molar-refractivity contribution in [3.8, 4) is 5.75 Å². The zero-order valence-electron chi connectivity index (χ0n) is 10.2. The standard InChI is InChI=1S/C12H15BrN2O3/c1-3-8(13)12(17)15-9-6-7(11(14)16)4-5-10(9)18-2/h4-6,8H,3H2,1-2H3,(H2,14,16)(H,15,17). The number of carbonyl (C=O) groups excluding carboxylic acids is 2. The molecule has 0 saturated carbocycles. The Balaban J connectivity index is 3.01. The molecule has 1 atom stereocenters. The maximum absolute atomic E-state index is 11.8. The van der Waals surface area contributed by atoms with Gasteiger partial charge in [0.15, 0.2) is 0 Å². The molecule has 6 heteroatoms. The molecule has 0 spiro atoms. The van der Waals surface area contributed by atoms with Crippen molar-refractivity contribution in [2.24, 2.45) is 5.73 Å². The van der Waals surface area contributed by atoms with Gasteiger partial charge in [0.25, 0.3) is 0 Å². The van der Waals surface area contributed by atoms with Crippen molar-refractivity contribution < 1.29 is 14.3 Å². The highest BCUT2D eigenvalue weighted by Crippen LogP contribution is 2.26. The molecular formula is C12H15BrN2O3. The van der Waals surface area contributed by atoms with Gasteiger partial charge in [0, 0.05) is 5.56 Å². The molecule has 0 aliphatic rings. The fourth-order valence-corrected chi connectivity index (χ4v) is 1.47. The molecule has 0 aliphatic carbocycles. The minimum atomic E-state index is -0.556. The molecule has 0 bridgehead atoms. The Bertz CT molecular complexity index is 463. The molecule has 1 aromatic rings. The van der Waals surface area contributed by atoms with E-state index in [2.05, 4.69) is 21.2 Å². The van der Waals surface area contributed by atoms with E-state index in [-0.39, 0.29) is 10.7 Å². The van der Waals surface area contributed by atoms with E-state index in [0.717, 1.165) is 0 Å². The first-order valence-corrected chi connectivity index (χ1v) is 6.34. The van der Waals surface area contributed by atoms with E-state index in [1.165, 1.54) is 13.2 Å². The summed E-state index contributed by atoms with van der Waals surface area (Å²) in [5.41, 5.74) is 5.93. The van der Waals surface area contributed by atoms with Crippen molar-refractivity contribution in [3.63, 3.8) is 0 Å². The number of carbonyl (C=O) groups is 2. The second-order valence-corrected chi connectivity index (χ2v) is 4.75. The lowest BCUT2D eigenvalue weighted by Crippen LogP contribution is -2.22. The van der Waals surface area contributed by atoms with Crippen LogP contribution in [0.25, 0.3) is 0 Å². The Morgan fingerprint density at radius 1 is 1.50 bits per heavy atom. The normalized spacial score (nSPS) is 11.7. The smallest absolute Gasteiger partial charge is 0.248 e. The molecule has 0 fully saturated rings. The third-order valence-electron chi connectivity index (χ3n) is 2.38. The first-order chi connectivity index (χ1) is 8.49. The SMILES string of the molecule is CCC(Br)C(=O)Nc1cc(C(N)=O)ccc1OC. The molecular weight excluding hydrogens is 300 g/mol. The number of halogens is 1. The molecule has 0 heterocycles. The molecule has 0 saturated heterocycles. The van der Waals surface area contributed by atoms with Crippen LogP contribution < -0.4 is 15.8 Å². The van der Waals surface area contributed by atoms with Crippen molar-refractivity contribution in [2.45, 2.75) is 18.2 Å². The number of nitrogens with two attached hydrogens (primary N) is 1. The van der Waals surface area contributed by atoms with Crippen LogP contribution in [-0.4, -0.2) is 23.8 Å². The average Bonchev–Trinajstić information content (AvgIpc) is 2.37. The number of hydrogen-bond donors (Lipinski definition) is 2. The van der Waals surface area contributed by atoms with Gasteiger partial charge in [-0.15, -0.1) is 0 Å². The first-order valence-electron chi connectivity index (χ1n) is 5.42. The summed E-state index contributed by atoms with van der Waals surface area (Å²) in [5.74, 6) is -0.277. The fraction of sp³-hybridized carbons (Fsp3) is 0.333. The van der Waals surface area contributed by atoms with Gasteiger partial charge in [0.1, 0.15) is 5.75 Å². The van der Waals surface area contributed by atoms with Crippen molar-refractivity contribution in [3.05, 3.63) is 23.8 Å². The van der Waals surface area contributed by atoms with Crippen molar-refractivity contribution in [2.75, 3.05) is 12.4 Å². The number of anilines is 1. The Morgan fingerprint density at radius 2 is 2.17 bits per heavy atom. The van der Waals surface area contributed by atoms with Crippen LogP contribution in [0.1, 0.15) is 23.7 Å². The maximum atomic E-state index is 11.8. The van der Waals surface area contributed by atoms with Crippen LogP contribution in [0.5, 0.6) is 5.75 Å². The minimum Gasteiger partial charge on any atom is -0.495 e. The quantitative estimate of drug-likeness (QED) is 0.814. The predicted octanol–water partition coefficient (Wildman–Crippen LogP) is 1.91. The Labute approximate surface area is 114 Å². The summed E-state index contributed by atoms with van der Waals surface area (Å²) in [6.45, 7) is 1.88. The number of primary amides is 1. The molecule has 2 amide bonds. The highest BCUT2D eigenvalue weighted by atomic mass is 79.9. The van der Waals surface area contributed by atoms with Crippen LogP contribution in [0.4, 0.5) is 5.69 Å². The molecule has 1 aromatic carbocycles. The number of benzene rings is 1. The van der Waals surface area contributed by atoms with Gasteiger partial charge in [-0.25, -0.2) is 0 Å². The van der Waals surface area contributed by atoms with Crippen molar-refractivity contribution >= 4 is 33.4 Å². The Hall–Kier alpha value is -1.56. The first kappa shape index (κ1) is 14.5. The summed E-state index contributed by atoms with van der Waals surface area (Å²) >= 11 is 3.25. The summed E-state index contributed by atoms with van der Waals surface area (Å²) in [7, 11) is 1.49. The number of hydrogen-bond acceptors (Lipinski definition) is 3. The van der Waals surface area contributed by atoms with Gasteiger partial charge >= 0.3 is 0 Å². The number of rotatable bonds is 5. The molecule has 18 heavy (non-hydrogen) atoms. The maximum Gasteiger partial charge on any atom is 0.248 e. The molecule has 98 valence electrons. The monoisotopic (exact) mass is 314 g/mol. The van der Waals surface area contributed by atoms with Crippen LogP contribution >= 0.6 is 15.9 Å². The zero-order valence-corrected chi connectivity index (χ0v) is 11.8. The lowest BCUT2D eigenvalue weighted by Gasteiger charge is -2.13. The largest absolute Gasteiger partial charge is 0.495 e. The Morgan fingerprint density at radius 3 is 2.67 bits per heavy atom. The average molecular weight is 315 g/mol. The van der Waals surface area contributed by atoms with E-state index in [1.807, 2.05) is 6.92 Å². The van der Waals surface area contributed by atoms with Gasteiger partial charge in [0.05, 0.1) is 17.6 Å². The lowest BCUT2D eigenvalue weighted by molar-refractivity contribution is -0.115. The summed E-state index contributed by atoms with van der Waals surface area (Å²) in [5, 5.41) is 2.69. The summed E-state index contributed by atoms with van der Waals surface area (Å²) in [6.07, 6.45) is 0.656. The van der Waals surface area contributed by atoms with Gasteiger partial charge in [-0.1, -0.05) is 22.9 Å². The Kier molecular flexibility index (Phi) is 5.15. The van der Waals surface area contributed by atoms with E-state index in [9.17, 15) is 9.59 Å². The van der Waals surface area contributed by atoms with Crippen molar-refractivity contribution in [1.29, 1.82) is 0 Å². The zero-order chi connectivity index (χ0) is 13.7. The number of ether oxygens (including phenoxy) is 1. The van der Waals surface area contributed by atoms with Crippen LogP contribution in [0, 0.1) is 0 Å². The highest BCUT2D eigenvalue weighted by molar-refractivity contribution is 9.10. The molecule has 5 nitrogen and oxygen atoms in total. The van der Waals surface area contributed by atoms with E-state index in [0.29, 0.717) is 23.4 Å². The van der Waals surface area contributed by atoms with E-state index in [4.69, 9.17) is 10.5 Å². The van der Waals surface area contributed by atoms with Gasteiger partial charge in [-0.3, -0.25) is 9.59 Å². The molecule has 3 N–H and O–H groups in total. The third kappa shape index (κ3) is 3.46. The molecule has 0 radical (unpaired) electrons. The van der Waals surface area contributed by atoms with Crippen LogP contribution in [0.2, 0.25) is 0 Å². The molecule has 1 unspecified atom stereocenters. The summed E-state index contributed by atoms with van der Waals surface area (Å²) < 4.78 is 5.11. The van der Waals surface area contributed by atoms with Crippen LogP contribution in [-0.2, 0) is 4.79 Å². The van der Waals surface area contributed by atoms with E-state index in [1.54, 1.807) is 12.1 Å². The predicted molar refractivity (Wildman–Crippen MR) is 73.1 cm³/mol. The number of alkyl halides is 1. The molecule has 1 rings (SSSR count). The molecule has 0 aliphatic heterocycles.